The van der Waals surface area contributed by atoms with E-state index in [4.69, 9.17) is 9.15 Å². The van der Waals surface area contributed by atoms with Crippen LogP contribution in [-0.2, 0) is 13.1 Å². The predicted octanol–water partition coefficient (Wildman–Crippen LogP) is 4.60. The highest BCUT2D eigenvalue weighted by Gasteiger charge is 2.08. The van der Waals surface area contributed by atoms with Crippen molar-refractivity contribution in [2.24, 2.45) is 4.99 Å². The molecule has 0 bridgehead atoms. The minimum Gasteiger partial charge on any atom is -0.496 e. The van der Waals surface area contributed by atoms with E-state index < -0.39 is 0 Å². The average Bonchev–Trinajstić information content (AvgIpc) is 3.18. The second-order valence-electron chi connectivity index (χ2n) is 5.75. The van der Waals surface area contributed by atoms with E-state index in [0.29, 0.717) is 24.9 Å². The third kappa shape index (κ3) is 5.96. The summed E-state index contributed by atoms with van der Waals surface area (Å²) in [5.74, 6) is 2.10. The summed E-state index contributed by atoms with van der Waals surface area (Å²) in [6.45, 7) is 1.09. The van der Waals surface area contributed by atoms with Gasteiger partial charge in [-0.3, -0.25) is 4.99 Å². The number of nitrogens with zero attached hydrogens (tertiary/aromatic N) is 2. The quantitative estimate of drug-likeness (QED) is 0.264. The maximum Gasteiger partial charge on any atom is 0.226 e. The average molecular weight is 557 g/mol. The SMILES string of the molecule is CN=C(NCc1coc(-c2ccccc2)n1)NCc1cc(Br)ccc1OC.I. The van der Waals surface area contributed by atoms with Gasteiger partial charge in [0.1, 0.15) is 12.0 Å². The second-order valence-corrected chi connectivity index (χ2v) is 6.66. The van der Waals surface area contributed by atoms with Crippen LogP contribution in [0.5, 0.6) is 5.75 Å². The Morgan fingerprint density at radius 3 is 2.61 bits per heavy atom. The second kappa shape index (κ2) is 11.1. The number of guanidine groups is 1. The topological polar surface area (TPSA) is 71.7 Å². The molecule has 0 spiro atoms. The van der Waals surface area contributed by atoms with Crippen LogP contribution >= 0.6 is 39.9 Å². The minimum atomic E-state index is 0. The molecule has 28 heavy (non-hydrogen) atoms. The summed E-state index contributed by atoms with van der Waals surface area (Å²) in [7, 11) is 3.39. The lowest BCUT2D eigenvalue weighted by Crippen LogP contribution is -2.36. The molecule has 0 radical (unpaired) electrons. The number of ether oxygens (including phenoxy) is 1. The number of aliphatic imine (C=N–C) groups is 1. The Morgan fingerprint density at radius 1 is 1.14 bits per heavy atom. The van der Waals surface area contributed by atoms with Crippen molar-refractivity contribution in [3.63, 3.8) is 0 Å². The molecule has 0 saturated heterocycles. The summed E-state index contributed by atoms with van der Waals surface area (Å²) in [6.07, 6.45) is 1.65. The maximum absolute atomic E-state index is 5.56. The van der Waals surface area contributed by atoms with E-state index >= 15 is 0 Å². The molecule has 148 valence electrons. The van der Waals surface area contributed by atoms with Crippen molar-refractivity contribution in [2.75, 3.05) is 14.2 Å². The molecule has 0 atom stereocenters. The molecule has 2 aromatic carbocycles. The molecule has 8 heteroatoms. The third-order valence-corrected chi connectivity index (χ3v) is 4.42. The van der Waals surface area contributed by atoms with Crippen LogP contribution < -0.4 is 15.4 Å². The summed E-state index contributed by atoms with van der Waals surface area (Å²) in [5, 5.41) is 6.51. The highest BCUT2D eigenvalue weighted by molar-refractivity contribution is 14.0. The number of rotatable bonds is 6. The first-order valence-electron chi connectivity index (χ1n) is 8.46. The molecular weight excluding hydrogens is 535 g/mol. The number of aromatic nitrogens is 1. The van der Waals surface area contributed by atoms with Crippen LogP contribution in [0.25, 0.3) is 11.5 Å². The first-order chi connectivity index (χ1) is 13.2. The Hall–Kier alpha value is -2.07. The summed E-state index contributed by atoms with van der Waals surface area (Å²) in [4.78, 5) is 8.75. The number of hydrogen-bond donors (Lipinski definition) is 2. The number of oxazole rings is 1. The molecule has 0 aliphatic heterocycles. The fourth-order valence-electron chi connectivity index (χ4n) is 2.56. The van der Waals surface area contributed by atoms with Gasteiger partial charge in [-0.15, -0.1) is 24.0 Å². The van der Waals surface area contributed by atoms with Gasteiger partial charge in [0.25, 0.3) is 0 Å². The highest BCUT2D eigenvalue weighted by Crippen LogP contribution is 2.22. The molecule has 3 aromatic rings. The van der Waals surface area contributed by atoms with Crippen molar-refractivity contribution in [3.05, 3.63) is 70.5 Å². The molecule has 1 aromatic heterocycles. The number of halogens is 2. The summed E-state index contributed by atoms with van der Waals surface area (Å²) in [6, 6.07) is 15.7. The Morgan fingerprint density at radius 2 is 1.89 bits per heavy atom. The van der Waals surface area contributed by atoms with Crippen LogP contribution in [0.15, 0.2) is 68.7 Å². The minimum absolute atomic E-state index is 0. The molecule has 6 nitrogen and oxygen atoms in total. The molecule has 0 aliphatic carbocycles. The van der Waals surface area contributed by atoms with E-state index in [0.717, 1.165) is 27.0 Å². The Bertz CT molecular complexity index is 916. The molecule has 0 aliphatic rings. The van der Waals surface area contributed by atoms with Gasteiger partial charge in [0, 0.05) is 29.2 Å². The number of hydrogen-bond acceptors (Lipinski definition) is 4. The zero-order valence-corrected chi connectivity index (χ0v) is 19.5. The molecular formula is C20H22BrIN4O2. The normalized spacial score (nSPS) is 10.9. The maximum atomic E-state index is 5.56. The van der Waals surface area contributed by atoms with E-state index in [2.05, 4.69) is 36.5 Å². The Kier molecular flexibility index (Phi) is 8.78. The Labute approximate surface area is 190 Å². The van der Waals surface area contributed by atoms with Gasteiger partial charge in [-0.2, -0.15) is 0 Å². The third-order valence-electron chi connectivity index (χ3n) is 3.92. The molecule has 3 rings (SSSR count). The van der Waals surface area contributed by atoms with Crippen LogP contribution in [0, 0.1) is 0 Å². The summed E-state index contributed by atoms with van der Waals surface area (Å²) >= 11 is 3.48. The largest absolute Gasteiger partial charge is 0.496 e. The highest BCUT2D eigenvalue weighted by atomic mass is 127. The number of methoxy groups -OCH3 is 1. The first kappa shape index (κ1) is 22.2. The fraction of sp³-hybridized carbons (Fsp3) is 0.200. The Balaban J connectivity index is 0.00000280. The van der Waals surface area contributed by atoms with Gasteiger partial charge < -0.3 is 19.8 Å². The van der Waals surface area contributed by atoms with Gasteiger partial charge in [0.2, 0.25) is 5.89 Å². The van der Waals surface area contributed by atoms with E-state index in [1.165, 1.54) is 0 Å². The molecule has 1 heterocycles. The zero-order chi connectivity index (χ0) is 19.1. The van der Waals surface area contributed by atoms with Gasteiger partial charge in [-0.05, 0) is 30.3 Å². The van der Waals surface area contributed by atoms with Crippen molar-refractivity contribution in [2.45, 2.75) is 13.1 Å². The van der Waals surface area contributed by atoms with Crippen molar-refractivity contribution < 1.29 is 9.15 Å². The molecule has 0 amide bonds. The van der Waals surface area contributed by atoms with E-state index in [1.54, 1.807) is 20.4 Å². The lowest BCUT2D eigenvalue weighted by atomic mass is 10.2. The smallest absolute Gasteiger partial charge is 0.226 e. The summed E-state index contributed by atoms with van der Waals surface area (Å²) in [5.41, 5.74) is 2.78. The number of nitrogens with one attached hydrogen (secondary N) is 2. The van der Waals surface area contributed by atoms with Gasteiger partial charge in [-0.1, -0.05) is 34.1 Å². The zero-order valence-electron chi connectivity index (χ0n) is 15.6. The van der Waals surface area contributed by atoms with Crippen molar-refractivity contribution in [1.82, 2.24) is 15.6 Å². The van der Waals surface area contributed by atoms with Crippen molar-refractivity contribution >= 4 is 45.9 Å². The van der Waals surface area contributed by atoms with Crippen LogP contribution in [0.1, 0.15) is 11.3 Å². The van der Waals surface area contributed by atoms with Crippen LogP contribution in [-0.4, -0.2) is 25.1 Å². The molecule has 0 fully saturated rings. The molecule has 0 unspecified atom stereocenters. The van der Waals surface area contributed by atoms with E-state index in [9.17, 15) is 0 Å². The molecule has 0 saturated carbocycles. The van der Waals surface area contributed by atoms with Gasteiger partial charge in [-0.25, -0.2) is 4.98 Å². The van der Waals surface area contributed by atoms with Crippen molar-refractivity contribution in [1.29, 1.82) is 0 Å². The van der Waals surface area contributed by atoms with Gasteiger partial charge in [0.05, 0.1) is 19.3 Å². The predicted molar refractivity (Wildman–Crippen MR) is 125 cm³/mol. The molecule has 2 N–H and O–H groups in total. The lowest BCUT2D eigenvalue weighted by molar-refractivity contribution is 0.409. The van der Waals surface area contributed by atoms with Crippen LogP contribution in [0.4, 0.5) is 0 Å². The lowest BCUT2D eigenvalue weighted by Gasteiger charge is -2.13. The van der Waals surface area contributed by atoms with Crippen molar-refractivity contribution in [3.8, 4) is 17.2 Å². The number of benzene rings is 2. The standard InChI is InChI=1S/C20H21BrN4O2.HI/c1-22-20(23-11-15-10-16(21)8-9-18(15)26-2)24-12-17-13-27-19(25-17)14-6-4-3-5-7-14;/h3-10,13H,11-12H2,1-2H3,(H2,22,23,24);1H. The van der Waals surface area contributed by atoms with Crippen LogP contribution in [0.3, 0.4) is 0 Å². The van der Waals surface area contributed by atoms with E-state index in [-0.39, 0.29) is 24.0 Å². The summed E-state index contributed by atoms with van der Waals surface area (Å²) < 4.78 is 12.0. The van der Waals surface area contributed by atoms with Crippen LogP contribution in [0.2, 0.25) is 0 Å². The monoisotopic (exact) mass is 556 g/mol. The van der Waals surface area contributed by atoms with Gasteiger partial charge in [0.15, 0.2) is 5.96 Å². The van der Waals surface area contributed by atoms with E-state index in [1.807, 2.05) is 48.5 Å². The van der Waals surface area contributed by atoms with Gasteiger partial charge >= 0.3 is 0 Å². The first-order valence-corrected chi connectivity index (χ1v) is 9.25. The fourth-order valence-corrected chi connectivity index (χ4v) is 2.97.